The number of piperidine rings is 1. The second-order valence-corrected chi connectivity index (χ2v) is 10.9. The molecular formula is C28H32F7N3O3. The molecule has 0 spiro atoms. The lowest BCUT2D eigenvalue weighted by Gasteiger charge is -2.41. The number of nitrogens with zero attached hydrogens (tertiary/aromatic N) is 2. The molecule has 1 fully saturated rings. The number of benzene rings is 2. The largest absolute Gasteiger partial charge is 0.416 e. The van der Waals surface area contributed by atoms with Crippen molar-refractivity contribution < 1.29 is 45.4 Å². The molecule has 0 bridgehead atoms. The van der Waals surface area contributed by atoms with E-state index in [1.54, 1.807) is 6.92 Å². The van der Waals surface area contributed by atoms with Gasteiger partial charge in [-0.2, -0.15) is 26.3 Å². The van der Waals surface area contributed by atoms with Crippen molar-refractivity contribution in [3.8, 4) is 0 Å². The third kappa shape index (κ3) is 7.56. The highest BCUT2D eigenvalue weighted by molar-refractivity contribution is 5.83. The van der Waals surface area contributed by atoms with Crippen LogP contribution in [-0.2, 0) is 21.9 Å². The molecule has 0 aliphatic carbocycles. The first-order chi connectivity index (χ1) is 18.7. The minimum atomic E-state index is -5.04. The topological polar surface area (TPSA) is 72.9 Å². The van der Waals surface area contributed by atoms with Crippen LogP contribution in [-0.4, -0.2) is 52.6 Å². The van der Waals surface area contributed by atoms with Gasteiger partial charge in [-0.05, 0) is 81.1 Å². The maximum absolute atomic E-state index is 13.9. The fourth-order valence-electron chi connectivity index (χ4n) is 4.90. The zero-order valence-corrected chi connectivity index (χ0v) is 23.1. The lowest BCUT2D eigenvalue weighted by Crippen LogP contribution is -2.56. The van der Waals surface area contributed by atoms with Gasteiger partial charge in [-0.1, -0.05) is 6.07 Å². The van der Waals surface area contributed by atoms with E-state index in [2.05, 4.69) is 5.43 Å². The van der Waals surface area contributed by atoms with E-state index in [1.807, 2.05) is 0 Å². The van der Waals surface area contributed by atoms with Gasteiger partial charge in [0.05, 0.1) is 17.2 Å². The molecule has 0 radical (unpaired) electrons. The van der Waals surface area contributed by atoms with Crippen molar-refractivity contribution in [2.24, 2.45) is 5.92 Å². The molecule has 0 unspecified atom stereocenters. The average molecular weight is 592 g/mol. The van der Waals surface area contributed by atoms with Gasteiger partial charge in [0, 0.05) is 32.0 Å². The molecule has 6 nitrogen and oxygen atoms in total. The van der Waals surface area contributed by atoms with Crippen LogP contribution in [0.2, 0.25) is 0 Å². The standard InChI is InChI=1S/C28H32F7N3O3/c1-15-10-20(29)6-7-21(15)23-14-38(36-25(40)26(3,4)41)9-8-22(23)24(39)37(5)16(2)17-11-18(27(30,31)32)13-19(12-17)28(33,34)35/h6-7,10-13,16,22-23,41H,8-9,14H2,1-5H3,(H,36,40)/t16-,22-,23+/m0/s1. The molecule has 13 heteroatoms. The van der Waals surface area contributed by atoms with Gasteiger partial charge in [0.25, 0.3) is 5.91 Å². The Balaban J connectivity index is 1.96. The number of carbonyl (C=O) groups excluding carboxylic acids is 2. The summed E-state index contributed by atoms with van der Waals surface area (Å²) in [4.78, 5) is 27.3. The Hall–Kier alpha value is -3.19. The molecule has 2 amide bonds. The Labute approximate surface area is 233 Å². The van der Waals surface area contributed by atoms with Crippen molar-refractivity contribution in [2.75, 3.05) is 20.1 Å². The normalized spacial score (nSPS) is 19.5. The van der Waals surface area contributed by atoms with E-state index < -0.39 is 64.6 Å². The minimum Gasteiger partial charge on any atom is -0.381 e. The molecular weight excluding hydrogens is 559 g/mol. The van der Waals surface area contributed by atoms with E-state index in [4.69, 9.17) is 0 Å². The minimum absolute atomic E-state index is 0.0308. The van der Waals surface area contributed by atoms with Crippen LogP contribution >= 0.6 is 0 Å². The van der Waals surface area contributed by atoms with Crippen LogP contribution in [0.15, 0.2) is 36.4 Å². The first-order valence-corrected chi connectivity index (χ1v) is 12.8. The summed E-state index contributed by atoms with van der Waals surface area (Å²) in [5.74, 6) is -3.15. The molecule has 226 valence electrons. The zero-order valence-electron chi connectivity index (χ0n) is 23.1. The predicted octanol–water partition coefficient (Wildman–Crippen LogP) is 5.60. The lowest BCUT2D eigenvalue weighted by atomic mass is 9.78. The molecule has 1 aliphatic rings. The summed E-state index contributed by atoms with van der Waals surface area (Å²) in [7, 11) is 1.30. The van der Waals surface area contributed by atoms with E-state index in [9.17, 15) is 45.4 Å². The van der Waals surface area contributed by atoms with Crippen molar-refractivity contribution in [1.82, 2.24) is 15.3 Å². The van der Waals surface area contributed by atoms with Gasteiger partial charge in [-0.3, -0.25) is 15.0 Å². The molecule has 0 saturated carbocycles. The Bertz CT molecular complexity index is 1260. The molecule has 0 aromatic heterocycles. The average Bonchev–Trinajstić information content (AvgIpc) is 2.85. The summed E-state index contributed by atoms with van der Waals surface area (Å²) in [5.41, 5.74) is -1.28. The number of hydrazine groups is 1. The van der Waals surface area contributed by atoms with Gasteiger partial charge in [0.2, 0.25) is 5.91 Å². The molecule has 2 N–H and O–H groups in total. The number of alkyl halides is 6. The van der Waals surface area contributed by atoms with Crippen molar-refractivity contribution in [3.63, 3.8) is 0 Å². The molecule has 1 heterocycles. The Morgan fingerprint density at radius 3 is 2.07 bits per heavy atom. The Morgan fingerprint density at radius 2 is 1.59 bits per heavy atom. The highest BCUT2D eigenvalue weighted by atomic mass is 19.4. The Morgan fingerprint density at radius 1 is 1.02 bits per heavy atom. The molecule has 3 atom stereocenters. The van der Waals surface area contributed by atoms with Gasteiger partial charge in [0.15, 0.2) is 0 Å². The van der Waals surface area contributed by atoms with Crippen molar-refractivity contribution >= 4 is 11.8 Å². The van der Waals surface area contributed by atoms with E-state index in [-0.39, 0.29) is 31.1 Å². The highest BCUT2D eigenvalue weighted by Gasteiger charge is 2.41. The first-order valence-electron chi connectivity index (χ1n) is 12.8. The van der Waals surface area contributed by atoms with E-state index >= 15 is 0 Å². The number of rotatable bonds is 6. The van der Waals surface area contributed by atoms with Crippen molar-refractivity contribution in [2.45, 2.75) is 64.0 Å². The summed E-state index contributed by atoms with van der Waals surface area (Å²) in [6.45, 7) is 5.82. The van der Waals surface area contributed by atoms with Crippen LogP contribution in [0.4, 0.5) is 30.7 Å². The summed E-state index contributed by atoms with van der Waals surface area (Å²) in [5, 5.41) is 11.5. The lowest BCUT2D eigenvalue weighted by molar-refractivity contribution is -0.144. The first kappa shape index (κ1) is 32.3. The van der Waals surface area contributed by atoms with Gasteiger partial charge in [-0.15, -0.1) is 0 Å². The number of amides is 2. The van der Waals surface area contributed by atoms with Crippen LogP contribution < -0.4 is 5.43 Å². The van der Waals surface area contributed by atoms with Crippen LogP contribution in [0.3, 0.4) is 0 Å². The van der Waals surface area contributed by atoms with Gasteiger partial charge < -0.3 is 10.0 Å². The third-order valence-corrected chi connectivity index (χ3v) is 7.40. The number of carbonyl (C=O) groups is 2. The van der Waals surface area contributed by atoms with E-state index in [0.717, 1.165) is 4.90 Å². The van der Waals surface area contributed by atoms with Crippen molar-refractivity contribution in [1.29, 1.82) is 0 Å². The molecule has 2 aromatic carbocycles. The third-order valence-electron chi connectivity index (χ3n) is 7.40. The number of halogens is 7. The van der Waals surface area contributed by atoms with Gasteiger partial charge in [-0.25, -0.2) is 9.40 Å². The van der Waals surface area contributed by atoms with Crippen molar-refractivity contribution in [3.05, 3.63) is 70.0 Å². The molecule has 41 heavy (non-hydrogen) atoms. The molecule has 3 rings (SSSR count). The van der Waals surface area contributed by atoms with Gasteiger partial charge in [0.1, 0.15) is 11.4 Å². The monoisotopic (exact) mass is 591 g/mol. The van der Waals surface area contributed by atoms with Crippen LogP contribution in [0.25, 0.3) is 0 Å². The summed E-state index contributed by atoms with van der Waals surface area (Å²) in [6.07, 6.45) is -9.92. The fourth-order valence-corrected chi connectivity index (χ4v) is 4.90. The quantitative estimate of drug-likeness (QED) is 0.430. The number of aliphatic hydroxyl groups is 1. The summed E-state index contributed by atoms with van der Waals surface area (Å²) < 4.78 is 94.5. The predicted molar refractivity (Wildman–Crippen MR) is 136 cm³/mol. The van der Waals surface area contributed by atoms with E-state index in [0.29, 0.717) is 23.3 Å². The summed E-state index contributed by atoms with van der Waals surface area (Å²) in [6, 6.07) is 4.06. The number of aryl methyl sites for hydroxylation is 1. The van der Waals surface area contributed by atoms with Gasteiger partial charge >= 0.3 is 12.4 Å². The van der Waals surface area contributed by atoms with Crippen LogP contribution in [0.1, 0.15) is 67.0 Å². The second-order valence-electron chi connectivity index (χ2n) is 10.9. The molecule has 1 aliphatic heterocycles. The number of nitrogens with one attached hydrogen (secondary N) is 1. The maximum atomic E-state index is 13.9. The smallest absolute Gasteiger partial charge is 0.381 e. The fraction of sp³-hybridized carbons (Fsp3) is 0.500. The van der Waals surface area contributed by atoms with E-state index in [1.165, 1.54) is 51.0 Å². The number of hydrogen-bond acceptors (Lipinski definition) is 4. The SMILES string of the molecule is Cc1cc(F)ccc1[C@H]1CN(NC(=O)C(C)(C)O)CC[C@@H]1C(=O)N(C)[C@@H](C)c1cc(C(F)(F)F)cc(C(F)(F)F)c1. The second kappa shape index (κ2) is 11.6. The summed E-state index contributed by atoms with van der Waals surface area (Å²) >= 11 is 0. The molecule has 2 aromatic rings. The maximum Gasteiger partial charge on any atom is 0.416 e. The highest BCUT2D eigenvalue weighted by Crippen LogP contribution is 2.40. The Kier molecular flexibility index (Phi) is 9.14. The number of hydrogen-bond donors (Lipinski definition) is 2. The zero-order chi connectivity index (χ0) is 31.1. The van der Waals surface area contributed by atoms with Crippen LogP contribution in [0.5, 0.6) is 0 Å². The molecule has 1 saturated heterocycles. The van der Waals surface area contributed by atoms with Crippen LogP contribution in [0, 0.1) is 18.7 Å².